The number of amides is 1. The fraction of sp³-hybridized carbons (Fsp3) is 0.533. The number of carbonyl (C=O) groups excluding carboxylic acids is 1. The smallest absolute Gasteiger partial charge is 0.258 e. The third-order valence-electron chi connectivity index (χ3n) is 4.21. The van der Waals surface area contributed by atoms with Crippen molar-refractivity contribution in [3.63, 3.8) is 0 Å². The number of rotatable bonds is 1. The van der Waals surface area contributed by atoms with Crippen molar-refractivity contribution in [3.05, 3.63) is 29.3 Å². The Morgan fingerprint density at radius 3 is 3.11 bits per heavy atom. The zero-order valence-corrected chi connectivity index (χ0v) is 11.1. The highest BCUT2D eigenvalue weighted by molar-refractivity contribution is 5.97. The fourth-order valence-electron chi connectivity index (χ4n) is 3.16. The van der Waals surface area contributed by atoms with Gasteiger partial charge in [-0.05, 0) is 37.8 Å². The molecule has 0 radical (unpaired) electrons. The second-order valence-electron chi connectivity index (χ2n) is 5.38. The normalized spacial score (nSPS) is 26.3. The first-order valence-corrected chi connectivity index (χ1v) is 6.89. The zero-order chi connectivity index (χ0) is 13.4. The topological polar surface area (TPSA) is 49.8 Å². The van der Waals surface area contributed by atoms with Crippen LogP contribution in [0.5, 0.6) is 5.75 Å². The molecule has 2 aliphatic rings. The number of aromatic hydroxyl groups is 1. The number of aryl methyl sites for hydroxylation is 1. The van der Waals surface area contributed by atoms with Gasteiger partial charge in [0.2, 0.25) is 0 Å². The van der Waals surface area contributed by atoms with Crippen molar-refractivity contribution >= 4 is 5.91 Å². The number of nitrogens with zero attached hydrogens (tertiary/aromatic N) is 1. The number of phenols is 1. The first-order valence-electron chi connectivity index (χ1n) is 6.89. The number of fused-ring (bicyclic) bond motifs is 1. The number of phenolic OH excluding ortho intramolecular Hbond substituents is 1. The van der Waals surface area contributed by atoms with Crippen molar-refractivity contribution in [2.24, 2.45) is 0 Å². The van der Waals surface area contributed by atoms with Gasteiger partial charge in [-0.15, -0.1) is 0 Å². The van der Waals surface area contributed by atoms with Crippen molar-refractivity contribution in [3.8, 4) is 5.75 Å². The summed E-state index contributed by atoms with van der Waals surface area (Å²) in [4.78, 5) is 14.5. The van der Waals surface area contributed by atoms with E-state index in [4.69, 9.17) is 4.74 Å². The molecule has 19 heavy (non-hydrogen) atoms. The van der Waals surface area contributed by atoms with Crippen LogP contribution >= 0.6 is 0 Å². The van der Waals surface area contributed by atoms with Gasteiger partial charge in [0.05, 0.1) is 24.3 Å². The molecular weight excluding hydrogens is 242 g/mol. The van der Waals surface area contributed by atoms with Crippen molar-refractivity contribution in [2.75, 3.05) is 13.2 Å². The van der Waals surface area contributed by atoms with Gasteiger partial charge in [0, 0.05) is 6.54 Å². The summed E-state index contributed by atoms with van der Waals surface area (Å²) < 4.78 is 5.72. The Bertz CT molecular complexity index is 500. The third kappa shape index (κ3) is 2.10. The number of carbonyl (C=O) groups is 1. The van der Waals surface area contributed by atoms with Crippen LogP contribution in [0.4, 0.5) is 0 Å². The average Bonchev–Trinajstić information content (AvgIpc) is 2.89. The van der Waals surface area contributed by atoms with Crippen LogP contribution in [0.25, 0.3) is 0 Å². The minimum atomic E-state index is -0.0681. The number of morpholine rings is 1. The van der Waals surface area contributed by atoms with E-state index in [9.17, 15) is 9.90 Å². The highest BCUT2D eigenvalue weighted by Gasteiger charge is 2.39. The predicted octanol–water partition coefficient (Wildman–Crippen LogP) is 2.09. The SMILES string of the molecule is Cc1cccc(C(=O)N2CCOC3CCCC32)c1O. The Hall–Kier alpha value is -1.55. The van der Waals surface area contributed by atoms with Crippen molar-refractivity contribution in [2.45, 2.75) is 38.3 Å². The Labute approximate surface area is 113 Å². The van der Waals surface area contributed by atoms with Crippen LogP contribution in [-0.2, 0) is 4.74 Å². The molecule has 1 aliphatic carbocycles. The minimum absolute atomic E-state index is 0.0681. The molecule has 1 aromatic carbocycles. The number of para-hydroxylation sites is 1. The second kappa shape index (κ2) is 4.85. The first kappa shape index (κ1) is 12.5. The van der Waals surface area contributed by atoms with E-state index in [0.29, 0.717) is 18.7 Å². The maximum atomic E-state index is 12.6. The predicted molar refractivity (Wildman–Crippen MR) is 71.3 cm³/mol. The first-order chi connectivity index (χ1) is 9.18. The standard InChI is InChI=1S/C15H19NO3/c1-10-4-2-5-11(14(10)17)15(18)16-8-9-19-13-7-3-6-12(13)16/h2,4-5,12-13,17H,3,6-9H2,1H3. The quantitative estimate of drug-likeness (QED) is 0.842. The molecule has 0 bridgehead atoms. The molecule has 1 N–H and O–H groups in total. The van der Waals surface area contributed by atoms with Gasteiger partial charge < -0.3 is 14.7 Å². The van der Waals surface area contributed by atoms with Crippen molar-refractivity contribution in [1.29, 1.82) is 0 Å². The Morgan fingerprint density at radius 2 is 2.26 bits per heavy atom. The molecule has 0 aromatic heterocycles. The van der Waals surface area contributed by atoms with Crippen molar-refractivity contribution in [1.82, 2.24) is 4.90 Å². The van der Waals surface area contributed by atoms with E-state index in [1.807, 2.05) is 24.0 Å². The summed E-state index contributed by atoms with van der Waals surface area (Å²) in [5.41, 5.74) is 1.15. The van der Waals surface area contributed by atoms with Crippen molar-refractivity contribution < 1.29 is 14.6 Å². The molecule has 102 valence electrons. The maximum absolute atomic E-state index is 12.6. The van der Waals surface area contributed by atoms with Gasteiger partial charge in [0.1, 0.15) is 5.75 Å². The molecule has 2 atom stereocenters. The number of hydrogen-bond acceptors (Lipinski definition) is 3. The molecule has 1 heterocycles. The van der Waals surface area contributed by atoms with Crippen LogP contribution in [0, 0.1) is 6.92 Å². The lowest BCUT2D eigenvalue weighted by Crippen LogP contribution is -2.51. The highest BCUT2D eigenvalue weighted by Crippen LogP contribution is 2.32. The summed E-state index contributed by atoms with van der Waals surface area (Å²) in [5, 5.41) is 10.1. The largest absolute Gasteiger partial charge is 0.507 e. The van der Waals surface area contributed by atoms with Crippen LogP contribution in [0.1, 0.15) is 35.2 Å². The van der Waals surface area contributed by atoms with E-state index in [2.05, 4.69) is 0 Å². The molecule has 1 aromatic rings. The molecule has 1 aliphatic heterocycles. The van der Waals surface area contributed by atoms with Gasteiger partial charge in [-0.1, -0.05) is 12.1 Å². The minimum Gasteiger partial charge on any atom is -0.507 e. The Morgan fingerprint density at radius 1 is 1.42 bits per heavy atom. The molecular formula is C15H19NO3. The number of ether oxygens (including phenoxy) is 1. The van der Waals surface area contributed by atoms with Gasteiger partial charge in [-0.2, -0.15) is 0 Å². The molecule has 4 heteroatoms. The summed E-state index contributed by atoms with van der Waals surface area (Å²) in [7, 11) is 0. The third-order valence-corrected chi connectivity index (χ3v) is 4.21. The average molecular weight is 261 g/mol. The summed E-state index contributed by atoms with van der Waals surface area (Å²) in [5.74, 6) is 0.0370. The molecule has 0 spiro atoms. The number of benzene rings is 1. The summed E-state index contributed by atoms with van der Waals surface area (Å²) in [6.07, 6.45) is 3.33. The molecule has 1 saturated heterocycles. The lowest BCUT2D eigenvalue weighted by atomic mass is 10.1. The van der Waals surface area contributed by atoms with Gasteiger partial charge in [0.15, 0.2) is 0 Å². The van der Waals surface area contributed by atoms with Gasteiger partial charge in [-0.3, -0.25) is 4.79 Å². The van der Waals surface area contributed by atoms with Crippen LogP contribution in [0.15, 0.2) is 18.2 Å². The molecule has 3 rings (SSSR count). The van der Waals surface area contributed by atoms with Gasteiger partial charge >= 0.3 is 0 Å². The Kier molecular flexibility index (Phi) is 3.19. The molecule has 1 amide bonds. The van der Waals surface area contributed by atoms with E-state index < -0.39 is 0 Å². The lowest BCUT2D eigenvalue weighted by Gasteiger charge is -2.37. The maximum Gasteiger partial charge on any atom is 0.258 e. The molecule has 1 saturated carbocycles. The van der Waals surface area contributed by atoms with Crippen LogP contribution in [-0.4, -0.2) is 41.2 Å². The molecule has 2 unspecified atom stereocenters. The lowest BCUT2D eigenvalue weighted by molar-refractivity contribution is -0.0446. The van der Waals surface area contributed by atoms with Gasteiger partial charge in [0.25, 0.3) is 5.91 Å². The van der Waals surface area contributed by atoms with E-state index in [1.54, 1.807) is 6.07 Å². The molecule has 4 nitrogen and oxygen atoms in total. The molecule has 2 fully saturated rings. The van der Waals surface area contributed by atoms with E-state index in [0.717, 1.165) is 24.8 Å². The van der Waals surface area contributed by atoms with Crippen LogP contribution < -0.4 is 0 Å². The number of hydrogen-bond donors (Lipinski definition) is 1. The van der Waals surface area contributed by atoms with E-state index in [1.165, 1.54) is 0 Å². The van der Waals surface area contributed by atoms with Crippen LogP contribution in [0.3, 0.4) is 0 Å². The summed E-state index contributed by atoms with van der Waals surface area (Å²) >= 11 is 0. The summed E-state index contributed by atoms with van der Waals surface area (Å²) in [6.45, 7) is 3.02. The van der Waals surface area contributed by atoms with Gasteiger partial charge in [-0.25, -0.2) is 0 Å². The zero-order valence-electron chi connectivity index (χ0n) is 11.1. The summed E-state index contributed by atoms with van der Waals surface area (Å²) in [6, 6.07) is 5.50. The monoisotopic (exact) mass is 261 g/mol. The fourth-order valence-corrected chi connectivity index (χ4v) is 3.16. The Balaban J connectivity index is 1.88. The van der Waals surface area contributed by atoms with Crippen LogP contribution in [0.2, 0.25) is 0 Å². The van der Waals surface area contributed by atoms with E-state index >= 15 is 0 Å². The second-order valence-corrected chi connectivity index (χ2v) is 5.38. The highest BCUT2D eigenvalue weighted by atomic mass is 16.5. The van der Waals surface area contributed by atoms with E-state index in [-0.39, 0.29) is 23.8 Å².